The van der Waals surface area contributed by atoms with E-state index in [2.05, 4.69) is 55.0 Å². The van der Waals surface area contributed by atoms with Gasteiger partial charge in [0.05, 0.1) is 0 Å². The minimum atomic E-state index is 0.558. The Hall–Kier alpha value is -1.84. The molecule has 4 nitrogen and oxygen atoms in total. The van der Waals surface area contributed by atoms with Crippen LogP contribution in [0.15, 0.2) is 30.6 Å². The summed E-state index contributed by atoms with van der Waals surface area (Å²) >= 11 is 0. The van der Waals surface area contributed by atoms with Gasteiger partial charge in [-0.15, -0.1) is 20.4 Å². The van der Waals surface area contributed by atoms with Crippen LogP contribution in [0.2, 0.25) is 0 Å². The van der Waals surface area contributed by atoms with Crippen molar-refractivity contribution in [2.45, 2.75) is 54.4 Å². The average molecular weight is 288 g/mol. The van der Waals surface area contributed by atoms with Gasteiger partial charge in [-0.3, -0.25) is 0 Å². The van der Waals surface area contributed by atoms with Crippen molar-refractivity contribution in [1.82, 2.24) is 20.4 Å². The third-order valence-corrected chi connectivity index (χ3v) is 2.22. The van der Waals surface area contributed by atoms with Crippen molar-refractivity contribution in [3.8, 4) is 11.4 Å². The Morgan fingerprint density at radius 2 is 1.29 bits per heavy atom. The molecule has 1 aromatic carbocycles. The van der Waals surface area contributed by atoms with E-state index < -0.39 is 0 Å². The van der Waals surface area contributed by atoms with Crippen molar-refractivity contribution in [3.63, 3.8) is 0 Å². The maximum Gasteiger partial charge on any atom is 0.203 e. The first kappa shape index (κ1) is 19.2. The highest BCUT2D eigenvalue weighted by Gasteiger charge is 1.99. The number of hydrogen-bond acceptors (Lipinski definition) is 4. The van der Waals surface area contributed by atoms with E-state index in [0.29, 0.717) is 5.82 Å². The van der Waals surface area contributed by atoms with E-state index in [0.717, 1.165) is 11.5 Å². The van der Waals surface area contributed by atoms with Gasteiger partial charge in [0, 0.05) is 5.56 Å². The van der Waals surface area contributed by atoms with Gasteiger partial charge in [-0.1, -0.05) is 77.3 Å². The van der Waals surface area contributed by atoms with E-state index >= 15 is 0 Å². The third kappa shape index (κ3) is 10.6. The fourth-order valence-corrected chi connectivity index (χ4v) is 1.02. The maximum atomic E-state index is 3.86. The van der Waals surface area contributed by atoms with Crippen LogP contribution in [0.3, 0.4) is 0 Å². The van der Waals surface area contributed by atoms with Gasteiger partial charge in [0.25, 0.3) is 0 Å². The highest BCUT2D eigenvalue weighted by molar-refractivity contribution is 5.53. The van der Waals surface area contributed by atoms with Crippen LogP contribution >= 0.6 is 0 Å². The molecular formula is C17H28N4. The monoisotopic (exact) mass is 288 g/mol. The summed E-state index contributed by atoms with van der Waals surface area (Å²) in [6.07, 6.45) is 3.96. The summed E-state index contributed by atoms with van der Waals surface area (Å²) in [6.45, 7) is 12.9. The van der Waals surface area contributed by atoms with E-state index in [9.17, 15) is 0 Å². The lowest BCUT2D eigenvalue weighted by atomic mass is 10.1. The van der Waals surface area contributed by atoms with Crippen molar-refractivity contribution in [2.24, 2.45) is 5.92 Å². The molecule has 0 saturated carbocycles. The molecule has 0 aliphatic heterocycles. The van der Waals surface area contributed by atoms with Crippen LogP contribution < -0.4 is 0 Å². The Morgan fingerprint density at radius 3 is 1.67 bits per heavy atom. The molecule has 0 radical (unpaired) electrons. The lowest BCUT2D eigenvalue weighted by Gasteiger charge is -1.96. The highest BCUT2D eigenvalue weighted by Crippen LogP contribution is 2.12. The summed E-state index contributed by atoms with van der Waals surface area (Å²) in [6, 6.07) is 7.92. The van der Waals surface area contributed by atoms with Crippen LogP contribution in [-0.4, -0.2) is 20.4 Å². The van der Waals surface area contributed by atoms with E-state index in [1.54, 1.807) is 0 Å². The lowest BCUT2D eigenvalue weighted by molar-refractivity contribution is 0.737. The number of nitrogens with zero attached hydrogens (tertiary/aromatic N) is 4. The minimum Gasteiger partial charge on any atom is -0.135 e. The Labute approximate surface area is 129 Å². The van der Waals surface area contributed by atoms with Gasteiger partial charge in [-0.25, -0.2) is 0 Å². The second kappa shape index (κ2) is 11.9. The Bertz CT molecular complexity index is 447. The van der Waals surface area contributed by atoms with Crippen molar-refractivity contribution in [2.75, 3.05) is 0 Å². The zero-order valence-electron chi connectivity index (χ0n) is 14.2. The maximum absolute atomic E-state index is 3.86. The first-order valence-electron chi connectivity index (χ1n) is 7.58. The normalized spacial score (nSPS) is 9.29. The molecule has 0 unspecified atom stereocenters. The zero-order chi connectivity index (χ0) is 16.1. The topological polar surface area (TPSA) is 51.6 Å². The van der Waals surface area contributed by atoms with Gasteiger partial charge in [0.1, 0.15) is 0 Å². The second-order valence-corrected chi connectivity index (χ2v) is 5.47. The summed E-state index contributed by atoms with van der Waals surface area (Å²) in [5.41, 5.74) is 2.15. The standard InChI is InChI=1S/C9H8N4.2C4H10/c1-7-2-4-8(5-3-7)9-12-10-6-11-13-9;1-4(2)3;1-3-4-2/h2-6H,1H3;4H,1-3H3;3-4H2,1-2H3. The molecule has 21 heavy (non-hydrogen) atoms. The molecular weight excluding hydrogens is 260 g/mol. The van der Waals surface area contributed by atoms with Crippen LogP contribution in [0.4, 0.5) is 0 Å². The van der Waals surface area contributed by atoms with E-state index in [1.807, 2.05) is 31.2 Å². The fourth-order valence-electron chi connectivity index (χ4n) is 1.02. The Kier molecular flexibility index (Phi) is 10.9. The summed E-state index contributed by atoms with van der Waals surface area (Å²) < 4.78 is 0. The first-order chi connectivity index (χ1) is 10.0. The van der Waals surface area contributed by atoms with Crippen LogP contribution in [0.25, 0.3) is 11.4 Å². The van der Waals surface area contributed by atoms with Crippen LogP contribution in [0.1, 0.15) is 53.0 Å². The molecule has 0 aliphatic rings. The molecule has 0 atom stereocenters. The van der Waals surface area contributed by atoms with Crippen molar-refractivity contribution in [3.05, 3.63) is 36.2 Å². The largest absolute Gasteiger partial charge is 0.203 e. The molecule has 116 valence electrons. The molecule has 0 bridgehead atoms. The molecule has 1 heterocycles. The fraction of sp³-hybridized carbons (Fsp3) is 0.529. The quantitative estimate of drug-likeness (QED) is 0.803. The molecule has 0 saturated heterocycles. The molecule has 4 heteroatoms. The molecule has 2 aromatic rings. The molecule has 0 aliphatic carbocycles. The molecule has 1 aromatic heterocycles. The molecule has 0 amide bonds. The Morgan fingerprint density at radius 1 is 0.857 bits per heavy atom. The van der Waals surface area contributed by atoms with Crippen LogP contribution in [0, 0.1) is 12.8 Å². The minimum absolute atomic E-state index is 0.558. The van der Waals surface area contributed by atoms with E-state index in [-0.39, 0.29) is 0 Å². The molecule has 2 rings (SSSR count). The smallest absolute Gasteiger partial charge is 0.135 e. The predicted octanol–water partition coefficient (Wildman–Crippen LogP) is 4.71. The average Bonchev–Trinajstić information content (AvgIpc) is 2.49. The number of aromatic nitrogens is 4. The van der Waals surface area contributed by atoms with E-state index in [1.165, 1.54) is 24.7 Å². The summed E-state index contributed by atoms with van der Waals surface area (Å²) in [5.74, 6) is 1.39. The lowest BCUT2D eigenvalue weighted by Crippen LogP contribution is -1.93. The number of unbranched alkanes of at least 4 members (excludes halogenated alkanes) is 1. The summed E-state index contributed by atoms with van der Waals surface area (Å²) in [7, 11) is 0. The van der Waals surface area contributed by atoms with Gasteiger partial charge in [0.15, 0.2) is 6.33 Å². The molecule has 0 N–H and O–H groups in total. The van der Waals surface area contributed by atoms with Crippen molar-refractivity contribution < 1.29 is 0 Å². The summed E-state index contributed by atoms with van der Waals surface area (Å²) in [4.78, 5) is 0. The van der Waals surface area contributed by atoms with Crippen molar-refractivity contribution >= 4 is 0 Å². The van der Waals surface area contributed by atoms with Crippen molar-refractivity contribution in [1.29, 1.82) is 0 Å². The number of hydrogen-bond donors (Lipinski definition) is 0. The third-order valence-electron chi connectivity index (χ3n) is 2.22. The predicted molar refractivity (Wildman–Crippen MR) is 88.9 cm³/mol. The number of aryl methyl sites for hydroxylation is 1. The van der Waals surface area contributed by atoms with Gasteiger partial charge < -0.3 is 0 Å². The molecule has 0 fully saturated rings. The van der Waals surface area contributed by atoms with Crippen LogP contribution in [0.5, 0.6) is 0 Å². The number of benzene rings is 1. The Balaban J connectivity index is 0.000000421. The zero-order valence-corrected chi connectivity index (χ0v) is 14.2. The SMILES string of the molecule is CC(C)C.CCCC.Cc1ccc(-c2nncnn2)cc1. The van der Waals surface area contributed by atoms with Gasteiger partial charge in [-0.05, 0) is 12.8 Å². The highest BCUT2D eigenvalue weighted by atomic mass is 15.3. The van der Waals surface area contributed by atoms with E-state index in [4.69, 9.17) is 0 Å². The second-order valence-electron chi connectivity index (χ2n) is 5.47. The van der Waals surface area contributed by atoms with Crippen LogP contribution in [-0.2, 0) is 0 Å². The van der Waals surface area contributed by atoms with Gasteiger partial charge in [-0.2, -0.15) is 0 Å². The first-order valence-corrected chi connectivity index (χ1v) is 7.58. The summed E-state index contributed by atoms with van der Waals surface area (Å²) in [5, 5.41) is 15.0. The molecule has 0 spiro atoms. The number of rotatable bonds is 2. The van der Waals surface area contributed by atoms with Gasteiger partial charge >= 0.3 is 0 Å². The van der Waals surface area contributed by atoms with Gasteiger partial charge in [0.2, 0.25) is 5.82 Å².